The molecule has 6 nitrogen and oxygen atoms in total. The molecule has 6 heteroatoms. The summed E-state index contributed by atoms with van der Waals surface area (Å²) in [6.45, 7) is 0.311. The Bertz CT molecular complexity index is 921. The molecule has 1 amide bonds. The molecule has 0 spiro atoms. The van der Waals surface area contributed by atoms with Gasteiger partial charge in [-0.15, -0.1) is 0 Å². The highest BCUT2D eigenvalue weighted by Crippen LogP contribution is 2.34. The number of benzene rings is 1. The normalized spacial score (nSPS) is 20.2. The highest BCUT2D eigenvalue weighted by molar-refractivity contribution is 5.93. The number of β-amino-alcohol motifs (C(OH)–C–C–N with tert-alkyl or cyclic N) is 1. The van der Waals surface area contributed by atoms with E-state index in [1.807, 2.05) is 36.4 Å². The van der Waals surface area contributed by atoms with Crippen molar-refractivity contribution in [3.05, 3.63) is 66.1 Å². The van der Waals surface area contributed by atoms with Crippen LogP contribution < -0.4 is 4.74 Å². The highest BCUT2D eigenvalue weighted by atomic mass is 16.5. The molecule has 1 saturated heterocycles. The first-order valence-electron chi connectivity index (χ1n) is 8.22. The van der Waals surface area contributed by atoms with Gasteiger partial charge < -0.3 is 14.7 Å². The molecule has 2 aromatic heterocycles. The van der Waals surface area contributed by atoms with Gasteiger partial charge in [-0.2, -0.15) is 0 Å². The van der Waals surface area contributed by atoms with Gasteiger partial charge in [-0.1, -0.05) is 18.2 Å². The first-order valence-corrected chi connectivity index (χ1v) is 8.22. The average molecular weight is 337 g/mol. The van der Waals surface area contributed by atoms with E-state index in [1.165, 1.54) is 0 Å². The Morgan fingerprint density at radius 3 is 2.96 bits per heavy atom. The predicted octanol–water partition coefficient (Wildman–Crippen LogP) is 2.29. The van der Waals surface area contributed by atoms with Crippen molar-refractivity contribution in [2.75, 3.05) is 13.7 Å². The molecule has 25 heavy (non-hydrogen) atoms. The Balaban J connectivity index is 1.72. The fraction of sp³-hybridized carbons (Fsp3) is 0.263. The molecule has 2 unspecified atom stereocenters. The third kappa shape index (κ3) is 2.74. The zero-order chi connectivity index (χ0) is 17.4. The molecule has 128 valence electrons. The van der Waals surface area contributed by atoms with Gasteiger partial charge >= 0.3 is 0 Å². The summed E-state index contributed by atoms with van der Waals surface area (Å²) in [6.07, 6.45) is 3.42. The number of aliphatic hydroxyl groups is 1. The Hall–Kier alpha value is -2.86. The quantitative estimate of drug-likeness (QED) is 0.796. The van der Waals surface area contributed by atoms with Gasteiger partial charge in [0, 0.05) is 18.9 Å². The number of rotatable bonds is 3. The zero-order valence-electron chi connectivity index (χ0n) is 13.9. The zero-order valence-corrected chi connectivity index (χ0v) is 13.9. The lowest BCUT2D eigenvalue weighted by Crippen LogP contribution is -2.33. The summed E-state index contributed by atoms with van der Waals surface area (Å²) in [5, 5.41) is 10.2. The third-order valence-electron chi connectivity index (χ3n) is 4.67. The van der Waals surface area contributed by atoms with Crippen molar-refractivity contribution in [3.8, 4) is 5.75 Å². The van der Waals surface area contributed by atoms with Crippen LogP contribution in [0.2, 0.25) is 0 Å². The summed E-state index contributed by atoms with van der Waals surface area (Å²) >= 11 is 0. The standard InChI is InChI=1S/C19H19N3O3/c1-25-15-5-2-4-13(10-15)17-11-14(23)12-22(17)19(24)16-6-3-7-18-20-8-9-21(16)18/h2-10,14,17,23H,11-12H2,1H3. The minimum absolute atomic E-state index is 0.118. The number of amides is 1. The number of imidazole rings is 1. The van der Waals surface area contributed by atoms with E-state index in [0.717, 1.165) is 17.0 Å². The smallest absolute Gasteiger partial charge is 0.271 e. The summed E-state index contributed by atoms with van der Waals surface area (Å²) in [4.78, 5) is 19.1. The number of carbonyl (C=O) groups excluding carboxylic acids is 1. The van der Waals surface area contributed by atoms with Crippen molar-refractivity contribution in [1.29, 1.82) is 0 Å². The summed E-state index contributed by atoms with van der Waals surface area (Å²) < 4.78 is 7.06. The Kier molecular flexibility index (Phi) is 3.89. The van der Waals surface area contributed by atoms with E-state index in [4.69, 9.17) is 4.74 Å². The maximum absolute atomic E-state index is 13.2. The maximum atomic E-state index is 13.2. The van der Waals surface area contributed by atoms with Gasteiger partial charge in [0.15, 0.2) is 0 Å². The van der Waals surface area contributed by atoms with Crippen molar-refractivity contribution in [1.82, 2.24) is 14.3 Å². The lowest BCUT2D eigenvalue weighted by Gasteiger charge is -2.25. The largest absolute Gasteiger partial charge is 0.497 e. The van der Waals surface area contributed by atoms with Crippen LogP contribution in [0, 0.1) is 0 Å². The van der Waals surface area contributed by atoms with Crippen LogP contribution in [-0.2, 0) is 0 Å². The van der Waals surface area contributed by atoms with E-state index < -0.39 is 6.10 Å². The van der Waals surface area contributed by atoms with E-state index in [1.54, 1.807) is 34.9 Å². The van der Waals surface area contributed by atoms with Crippen LogP contribution in [0.15, 0.2) is 54.9 Å². The Morgan fingerprint density at radius 2 is 2.12 bits per heavy atom. The van der Waals surface area contributed by atoms with E-state index in [2.05, 4.69) is 4.98 Å². The summed E-state index contributed by atoms with van der Waals surface area (Å²) in [5.74, 6) is 0.621. The molecule has 0 radical (unpaired) electrons. The number of methoxy groups -OCH3 is 1. The topological polar surface area (TPSA) is 67.1 Å². The van der Waals surface area contributed by atoms with Gasteiger partial charge in [0.05, 0.1) is 19.3 Å². The minimum Gasteiger partial charge on any atom is -0.497 e. The molecule has 1 aromatic carbocycles. The lowest BCUT2D eigenvalue weighted by atomic mass is 10.0. The van der Waals surface area contributed by atoms with Gasteiger partial charge in [0.25, 0.3) is 5.91 Å². The molecule has 4 rings (SSSR count). The number of likely N-dealkylation sites (tertiary alicyclic amines) is 1. The molecule has 2 atom stereocenters. The number of aromatic nitrogens is 2. The van der Waals surface area contributed by atoms with Crippen LogP contribution in [-0.4, -0.2) is 45.1 Å². The van der Waals surface area contributed by atoms with Crippen molar-refractivity contribution in [3.63, 3.8) is 0 Å². The number of hydrogen-bond acceptors (Lipinski definition) is 4. The van der Waals surface area contributed by atoms with Crippen molar-refractivity contribution >= 4 is 11.6 Å². The number of hydrogen-bond donors (Lipinski definition) is 1. The molecule has 1 fully saturated rings. The first-order chi connectivity index (χ1) is 12.2. The molecule has 3 aromatic rings. The number of carbonyl (C=O) groups is 1. The van der Waals surface area contributed by atoms with Crippen molar-refractivity contribution in [2.45, 2.75) is 18.6 Å². The molecular formula is C19H19N3O3. The van der Waals surface area contributed by atoms with Crippen LogP contribution >= 0.6 is 0 Å². The van der Waals surface area contributed by atoms with Crippen LogP contribution in [0.25, 0.3) is 5.65 Å². The van der Waals surface area contributed by atoms with Gasteiger partial charge in [-0.3, -0.25) is 9.20 Å². The van der Waals surface area contributed by atoms with Crippen molar-refractivity contribution < 1.29 is 14.6 Å². The Morgan fingerprint density at radius 1 is 1.28 bits per heavy atom. The van der Waals surface area contributed by atoms with Gasteiger partial charge in [0.1, 0.15) is 17.1 Å². The fourth-order valence-electron chi connectivity index (χ4n) is 3.47. The summed E-state index contributed by atoms with van der Waals surface area (Å²) in [6, 6.07) is 12.9. The highest BCUT2D eigenvalue weighted by Gasteiger charge is 2.36. The minimum atomic E-state index is -0.540. The van der Waals surface area contributed by atoms with Crippen LogP contribution in [0.5, 0.6) is 5.75 Å². The molecule has 1 aliphatic heterocycles. The monoisotopic (exact) mass is 337 g/mol. The Labute approximate surface area is 145 Å². The molecule has 0 saturated carbocycles. The molecular weight excluding hydrogens is 318 g/mol. The SMILES string of the molecule is COc1cccc(C2CC(O)CN2C(=O)c2cccc3nccn23)c1. The van der Waals surface area contributed by atoms with Crippen LogP contribution in [0.3, 0.4) is 0 Å². The van der Waals surface area contributed by atoms with E-state index in [-0.39, 0.29) is 11.9 Å². The van der Waals surface area contributed by atoms with Gasteiger partial charge in [-0.05, 0) is 36.2 Å². The van der Waals surface area contributed by atoms with Crippen LogP contribution in [0.4, 0.5) is 0 Å². The summed E-state index contributed by atoms with van der Waals surface area (Å²) in [5.41, 5.74) is 2.22. The number of fused-ring (bicyclic) bond motifs is 1. The molecule has 0 aliphatic carbocycles. The van der Waals surface area contributed by atoms with Gasteiger partial charge in [0.2, 0.25) is 0 Å². The first kappa shape index (κ1) is 15.7. The second-order valence-corrected chi connectivity index (χ2v) is 6.21. The molecule has 0 bridgehead atoms. The van der Waals surface area contributed by atoms with Crippen LogP contribution in [0.1, 0.15) is 28.5 Å². The van der Waals surface area contributed by atoms with Crippen molar-refractivity contribution in [2.24, 2.45) is 0 Å². The summed E-state index contributed by atoms with van der Waals surface area (Å²) in [7, 11) is 1.62. The average Bonchev–Trinajstić information content (AvgIpc) is 3.27. The fourth-order valence-corrected chi connectivity index (χ4v) is 3.47. The molecule has 1 aliphatic rings. The number of pyridine rings is 1. The van der Waals surface area contributed by atoms with Gasteiger partial charge in [-0.25, -0.2) is 4.98 Å². The molecule has 3 heterocycles. The van der Waals surface area contributed by atoms with E-state index >= 15 is 0 Å². The van der Waals surface area contributed by atoms with E-state index in [9.17, 15) is 9.90 Å². The molecule has 1 N–H and O–H groups in total. The number of nitrogens with zero attached hydrogens (tertiary/aromatic N) is 3. The maximum Gasteiger partial charge on any atom is 0.271 e. The lowest BCUT2D eigenvalue weighted by molar-refractivity contribution is 0.0708. The third-order valence-corrected chi connectivity index (χ3v) is 4.67. The predicted molar refractivity (Wildman–Crippen MR) is 92.6 cm³/mol. The second-order valence-electron chi connectivity index (χ2n) is 6.21. The number of aliphatic hydroxyl groups excluding tert-OH is 1. The number of ether oxygens (including phenoxy) is 1. The second kappa shape index (κ2) is 6.22. The van der Waals surface area contributed by atoms with E-state index in [0.29, 0.717) is 18.7 Å².